The molecule has 0 atom stereocenters. The number of rotatable bonds is 8. The predicted octanol–water partition coefficient (Wildman–Crippen LogP) is -1.83. The van der Waals surface area contributed by atoms with E-state index >= 15 is 0 Å². The van der Waals surface area contributed by atoms with E-state index in [0.29, 0.717) is 24.5 Å². The Kier molecular flexibility index (Phi) is 8.94. The number of nitrogens with one attached hydrogen (secondary N) is 1. The fraction of sp³-hybridized carbons (Fsp3) is 0.435. The summed E-state index contributed by atoms with van der Waals surface area (Å²) in [7, 11) is 5.64. The van der Waals surface area contributed by atoms with E-state index in [0.717, 1.165) is 23.4 Å². The van der Waals surface area contributed by atoms with E-state index in [-0.39, 0.29) is 42.3 Å². The number of amides is 2. The van der Waals surface area contributed by atoms with Crippen LogP contribution in [0, 0.1) is 6.92 Å². The van der Waals surface area contributed by atoms with Gasteiger partial charge in [0.15, 0.2) is 22.5 Å². The minimum absolute atomic E-state index is 0. The molecule has 0 fully saturated rings. The van der Waals surface area contributed by atoms with Gasteiger partial charge in [0.25, 0.3) is 17.6 Å². The van der Waals surface area contributed by atoms with Crippen LogP contribution < -0.4 is 28.0 Å². The molecule has 3 aromatic rings. The average Bonchev–Trinajstić information content (AvgIpc) is 3.07. The monoisotopic (exact) mass is 488 g/mol. The van der Waals surface area contributed by atoms with Crippen molar-refractivity contribution >= 4 is 28.7 Å². The minimum atomic E-state index is -0.378. The zero-order valence-electron chi connectivity index (χ0n) is 20.6. The Morgan fingerprint density at radius 2 is 1.91 bits per heavy atom. The predicted molar refractivity (Wildman–Crippen MR) is 126 cm³/mol. The molecule has 2 amide bonds. The van der Waals surface area contributed by atoms with Gasteiger partial charge in [0.1, 0.15) is 6.54 Å². The number of aryl methyl sites for hydroxylation is 3. The fourth-order valence-corrected chi connectivity index (χ4v) is 4.04. The maximum absolute atomic E-state index is 12.9. The molecule has 0 spiro atoms. The van der Waals surface area contributed by atoms with Crippen LogP contribution in [0.4, 0.5) is 5.82 Å². The van der Waals surface area contributed by atoms with Gasteiger partial charge in [0.05, 0.1) is 25.5 Å². The van der Waals surface area contributed by atoms with E-state index in [1.807, 2.05) is 44.1 Å². The molecule has 2 aromatic heterocycles. The molecule has 184 valence electrons. The number of carbonyl (C=O) groups is 2. The van der Waals surface area contributed by atoms with Crippen LogP contribution in [0.3, 0.4) is 0 Å². The molecule has 0 unspecified atom stereocenters. The van der Waals surface area contributed by atoms with Crippen molar-refractivity contribution in [1.29, 1.82) is 0 Å². The summed E-state index contributed by atoms with van der Waals surface area (Å²) in [5, 5.41) is 2.92. The van der Waals surface area contributed by atoms with Crippen LogP contribution in [-0.2, 0) is 19.6 Å². The highest BCUT2D eigenvalue weighted by atomic mass is 35.5. The summed E-state index contributed by atoms with van der Waals surface area (Å²) in [5.41, 5.74) is 9.22. The molecular weight excluding hydrogens is 456 g/mol. The standard InChI is InChI=1S/C23H32N8O2.ClH/c1-7-30-17-10-9-16(23(33)29(6)14-28(4)5)11-18(17)31(8-2)19(30)13-26-22(32)20-21(24)27-15(3)12-25-20;/h9-12H,7-8,13-14H2,1-6H3,(H2-,24,26,27,32);1H. The molecular formula is C23H33ClN8O2. The van der Waals surface area contributed by atoms with Gasteiger partial charge in [-0.15, -0.1) is 0 Å². The van der Waals surface area contributed by atoms with Gasteiger partial charge in [-0.1, -0.05) is 0 Å². The number of nitrogen functional groups attached to an aromatic ring is 1. The van der Waals surface area contributed by atoms with Gasteiger partial charge >= 0.3 is 0 Å². The van der Waals surface area contributed by atoms with Crippen molar-refractivity contribution in [2.24, 2.45) is 0 Å². The second-order valence-corrected chi connectivity index (χ2v) is 8.26. The summed E-state index contributed by atoms with van der Waals surface area (Å²) in [6.45, 7) is 8.09. The van der Waals surface area contributed by atoms with Crippen molar-refractivity contribution in [1.82, 2.24) is 29.7 Å². The van der Waals surface area contributed by atoms with Crippen molar-refractivity contribution in [2.45, 2.75) is 40.4 Å². The first-order chi connectivity index (χ1) is 15.7. The summed E-state index contributed by atoms with van der Waals surface area (Å²) in [4.78, 5) is 37.5. The highest BCUT2D eigenvalue weighted by molar-refractivity contribution is 5.97. The Morgan fingerprint density at radius 3 is 2.50 bits per heavy atom. The first-order valence-corrected chi connectivity index (χ1v) is 11.0. The summed E-state index contributed by atoms with van der Waals surface area (Å²) in [5.74, 6) is 0.614. The lowest BCUT2D eigenvalue weighted by molar-refractivity contribution is -0.676. The smallest absolute Gasteiger partial charge is 0.277 e. The molecule has 3 rings (SSSR count). The molecule has 1 aromatic carbocycles. The first kappa shape index (κ1) is 27.0. The maximum Gasteiger partial charge on any atom is 0.277 e. The normalized spacial score (nSPS) is 10.9. The Bertz CT molecular complexity index is 1190. The van der Waals surface area contributed by atoms with Crippen LogP contribution in [0.15, 0.2) is 24.4 Å². The van der Waals surface area contributed by atoms with Crippen molar-refractivity contribution < 1.29 is 26.6 Å². The third-order valence-electron chi connectivity index (χ3n) is 5.44. The lowest BCUT2D eigenvalue weighted by Gasteiger charge is -2.21. The third-order valence-corrected chi connectivity index (χ3v) is 5.44. The molecule has 10 nitrogen and oxygen atoms in total. The van der Waals surface area contributed by atoms with Gasteiger partial charge in [0, 0.05) is 24.9 Å². The van der Waals surface area contributed by atoms with Gasteiger partial charge in [-0.3, -0.25) is 14.5 Å². The van der Waals surface area contributed by atoms with E-state index in [4.69, 9.17) is 5.73 Å². The number of hydrogen-bond donors (Lipinski definition) is 2. The average molecular weight is 489 g/mol. The first-order valence-electron chi connectivity index (χ1n) is 11.0. The van der Waals surface area contributed by atoms with E-state index in [2.05, 4.69) is 31.3 Å². The number of carbonyl (C=O) groups excluding carboxylic acids is 2. The van der Waals surface area contributed by atoms with Gasteiger partial charge in [-0.25, -0.2) is 19.1 Å². The molecule has 34 heavy (non-hydrogen) atoms. The molecule has 0 bridgehead atoms. The molecule has 0 aliphatic carbocycles. The number of nitrogens with two attached hydrogens (primary N) is 1. The van der Waals surface area contributed by atoms with Crippen LogP contribution in [0.1, 0.15) is 46.2 Å². The second kappa shape index (κ2) is 11.3. The molecule has 3 N–H and O–H groups in total. The van der Waals surface area contributed by atoms with Crippen molar-refractivity contribution in [2.75, 3.05) is 33.5 Å². The zero-order chi connectivity index (χ0) is 24.3. The zero-order valence-corrected chi connectivity index (χ0v) is 21.3. The lowest BCUT2D eigenvalue weighted by atomic mass is 10.1. The topological polar surface area (TPSA) is 113 Å². The van der Waals surface area contributed by atoms with Crippen LogP contribution in [-0.4, -0.2) is 64.0 Å². The summed E-state index contributed by atoms with van der Waals surface area (Å²) < 4.78 is 4.26. The Labute approximate surface area is 206 Å². The molecule has 2 heterocycles. The number of nitrogens with zero attached hydrogens (tertiary/aromatic N) is 6. The van der Waals surface area contributed by atoms with Gasteiger partial charge in [0.2, 0.25) is 0 Å². The molecule has 0 aliphatic heterocycles. The fourth-order valence-electron chi connectivity index (χ4n) is 4.04. The number of aromatic nitrogens is 4. The van der Waals surface area contributed by atoms with E-state index in [9.17, 15) is 9.59 Å². The quantitative estimate of drug-likeness (QED) is 0.285. The molecule has 11 heteroatoms. The van der Waals surface area contributed by atoms with E-state index < -0.39 is 0 Å². The molecule has 0 saturated heterocycles. The van der Waals surface area contributed by atoms with E-state index in [1.54, 1.807) is 18.9 Å². The third kappa shape index (κ3) is 5.45. The van der Waals surface area contributed by atoms with Crippen LogP contribution in [0.25, 0.3) is 11.0 Å². The van der Waals surface area contributed by atoms with Crippen LogP contribution in [0.5, 0.6) is 0 Å². The molecule has 0 radical (unpaired) electrons. The largest absolute Gasteiger partial charge is 1.00 e. The summed E-state index contributed by atoms with van der Waals surface area (Å²) in [6.07, 6.45) is 1.52. The summed E-state index contributed by atoms with van der Waals surface area (Å²) in [6, 6.07) is 5.75. The van der Waals surface area contributed by atoms with Gasteiger partial charge < -0.3 is 28.4 Å². The van der Waals surface area contributed by atoms with Crippen LogP contribution in [0.2, 0.25) is 0 Å². The van der Waals surface area contributed by atoms with Crippen molar-refractivity contribution in [3.8, 4) is 0 Å². The van der Waals surface area contributed by atoms with Gasteiger partial charge in [-0.05, 0) is 47.0 Å². The molecule has 0 saturated carbocycles. The maximum atomic E-state index is 12.9. The lowest BCUT2D eigenvalue weighted by Crippen LogP contribution is -3.00. The summed E-state index contributed by atoms with van der Waals surface area (Å²) >= 11 is 0. The SMILES string of the molecule is CCn1c(CNC(=O)c2ncc(C)nc2N)[n+](CC)c2ccc(C(=O)N(C)CN(C)C)cc21.[Cl-]. The van der Waals surface area contributed by atoms with Crippen molar-refractivity contribution in [3.05, 3.63) is 47.2 Å². The molecule has 0 aliphatic rings. The Balaban J connectivity index is 0.00000408. The Morgan fingerprint density at radius 1 is 1.21 bits per heavy atom. The number of imidazole rings is 1. The van der Waals surface area contributed by atoms with E-state index in [1.165, 1.54) is 6.20 Å². The van der Waals surface area contributed by atoms with Crippen molar-refractivity contribution in [3.63, 3.8) is 0 Å². The van der Waals surface area contributed by atoms with Crippen LogP contribution >= 0.6 is 0 Å². The minimum Gasteiger partial charge on any atom is -1.00 e. The highest BCUT2D eigenvalue weighted by Crippen LogP contribution is 2.19. The number of anilines is 1. The Hall–Kier alpha value is -3.24. The highest BCUT2D eigenvalue weighted by Gasteiger charge is 2.26. The number of halogens is 1. The number of fused-ring (bicyclic) bond motifs is 1. The second-order valence-electron chi connectivity index (χ2n) is 8.26. The number of benzene rings is 1. The number of hydrogen-bond acceptors (Lipinski definition) is 6. The van der Waals surface area contributed by atoms with Gasteiger partial charge in [-0.2, -0.15) is 0 Å².